The molecule has 28 heavy (non-hydrogen) atoms. The summed E-state index contributed by atoms with van der Waals surface area (Å²) in [5.41, 5.74) is 5.36. The first-order valence-electron chi connectivity index (χ1n) is 10.3. The lowest BCUT2D eigenvalue weighted by Crippen LogP contribution is -2.21. The van der Waals surface area contributed by atoms with E-state index in [4.69, 9.17) is 9.48 Å². The van der Waals surface area contributed by atoms with Gasteiger partial charge in [0.25, 0.3) is 0 Å². The molecule has 0 unspecified atom stereocenters. The fraction of sp³-hybridized carbons (Fsp3) is 0.667. The summed E-state index contributed by atoms with van der Waals surface area (Å²) in [6.07, 6.45) is 0.944. The number of halogens is 1. The van der Waals surface area contributed by atoms with Gasteiger partial charge in [0.15, 0.2) is 3.77 Å². The van der Waals surface area contributed by atoms with Crippen molar-refractivity contribution in [1.29, 1.82) is 0 Å². The number of allylic oxidation sites excluding steroid dienone is 1. The molecule has 0 aromatic heterocycles. The third-order valence-electron chi connectivity index (χ3n) is 4.70. The Labute approximate surface area is 189 Å². The van der Waals surface area contributed by atoms with Crippen LogP contribution < -0.4 is 0 Å². The van der Waals surface area contributed by atoms with Crippen LogP contribution in [0.4, 0.5) is 5.69 Å². The van der Waals surface area contributed by atoms with Gasteiger partial charge in [-0.3, -0.25) is 0 Å². The summed E-state index contributed by atoms with van der Waals surface area (Å²) < 4.78 is 11.9. The van der Waals surface area contributed by atoms with Gasteiger partial charge < -0.3 is 4.74 Å². The molecular weight excluding hydrogens is 476 g/mol. The van der Waals surface area contributed by atoms with Crippen LogP contribution in [0.2, 0.25) is 0 Å². The van der Waals surface area contributed by atoms with E-state index in [0.29, 0.717) is 6.61 Å². The van der Waals surface area contributed by atoms with Gasteiger partial charge >= 0.3 is 0 Å². The summed E-state index contributed by atoms with van der Waals surface area (Å²) in [7, 11) is 0.983. The topological polar surface area (TPSA) is 21.6 Å². The Morgan fingerprint density at radius 2 is 1.36 bits per heavy atom. The Morgan fingerprint density at radius 1 is 0.893 bits per heavy atom. The lowest BCUT2D eigenvalue weighted by Gasteiger charge is -2.32. The fourth-order valence-electron chi connectivity index (χ4n) is 2.89. The molecule has 1 rings (SSSR count). The second-order valence-electron chi connectivity index (χ2n) is 10.4. The van der Waals surface area contributed by atoms with E-state index < -0.39 is 0 Å². The lowest BCUT2D eigenvalue weighted by molar-refractivity contribution is 0.261. The maximum atomic E-state index is 5.74. The number of ether oxygens (including phenoxy) is 1. The summed E-state index contributed by atoms with van der Waals surface area (Å²) in [5.74, 6) is 0. The number of rotatable bonds is 5. The van der Waals surface area contributed by atoms with Gasteiger partial charge in [-0.25, -0.2) is 4.74 Å². The van der Waals surface area contributed by atoms with Crippen molar-refractivity contribution in [1.82, 2.24) is 0 Å². The molecule has 0 heterocycles. The molecule has 0 bridgehead atoms. The first-order valence-corrected chi connectivity index (χ1v) is 12.2. The quantitative estimate of drug-likeness (QED) is 0.218. The van der Waals surface area contributed by atoms with E-state index in [0.717, 1.165) is 24.2 Å². The maximum absolute atomic E-state index is 5.74. The van der Waals surface area contributed by atoms with E-state index in [1.54, 1.807) is 0 Å². The normalized spacial score (nSPS) is 14.4. The van der Waals surface area contributed by atoms with Crippen molar-refractivity contribution >= 4 is 36.7 Å². The maximum Gasteiger partial charge on any atom is 0.165 e. The molecule has 2 nitrogen and oxygen atoms in total. The first-order chi connectivity index (χ1) is 12.6. The molecule has 0 radical (unpaired) electrons. The van der Waals surface area contributed by atoms with Gasteiger partial charge in [-0.05, 0) is 68.9 Å². The van der Waals surface area contributed by atoms with Crippen molar-refractivity contribution in [2.45, 2.75) is 98.8 Å². The van der Waals surface area contributed by atoms with Crippen LogP contribution >= 0.6 is 31.0 Å². The van der Waals surface area contributed by atoms with Gasteiger partial charge in [0.2, 0.25) is 0 Å². The van der Waals surface area contributed by atoms with E-state index in [-0.39, 0.29) is 16.2 Å². The fourth-order valence-corrected chi connectivity index (χ4v) is 4.63. The molecule has 1 aromatic carbocycles. The van der Waals surface area contributed by atoms with Crippen molar-refractivity contribution in [3.05, 3.63) is 37.9 Å². The predicted octanol–water partition coefficient (Wildman–Crippen LogP) is 9.39. The van der Waals surface area contributed by atoms with E-state index in [2.05, 4.69) is 104 Å². The monoisotopic (exact) mass is 515 g/mol. The van der Waals surface area contributed by atoms with Crippen LogP contribution in [0.1, 0.15) is 99.3 Å². The average Bonchev–Trinajstić information content (AvgIpc) is 2.52. The SMILES string of the molecule is CCO/C(I)=C(/CC)P=Nc1c(C(C)(C)C)cc(C(C)(C)C)cc1C(C)(C)C. The van der Waals surface area contributed by atoms with Crippen molar-refractivity contribution in [3.8, 4) is 0 Å². The first kappa shape index (κ1) is 25.6. The molecule has 4 heteroatoms. The molecule has 0 atom stereocenters. The highest BCUT2D eigenvalue weighted by Gasteiger charge is 2.29. The van der Waals surface area contributed by atoms with Crippen LogP contribution in [-0.2, 0) is 21.0 Å². The molecule has 0 saturated heterocycles. The molecule has 0 spiro atoms. The summed E-state index contributed by atoms with van der Waals surface area (Å²) in [6.45, 7) is 25.5. The third kappa shape index (κ3) is 6.83. The summed E-state index contributed by atoms with van der Waals surface area (Å²) in [5, 5.41) is 1.24. The molecule has 0 aliphatic heterocycles. The van der Waals surface area contributed by atoms with Crippen molar-refractivity contribution in [3.63, 3.8) is 0 Å². The summed E-state index contributed by atoms with van der Waals surface area (Å²) in [4.78, 5) is 0. The minimum atomic E-state index is 0.0266. The van der Waals surface area contributed by atoms with E-state index >= 15 is 0 Å². The smallest absolute Gasteiger partial charge is 0.165 e. The van der Waals surface area contributed by atoms with E-state index in [9.17, 15) is 0 Å². The lowest BCUT2D eigenvalue weighted by atomic mass is 9.74. The Morgan fingerprint density at radius 3 is 1.68 bits per heavy atom. The van der Waals surface area contributed by atoms with Gasteiger partial charge in [0.05, 0.1) is 12.3 Å². The zero-order valence-electron chi connectivity index (χ0n) is 19.7. The molecule has 1 aromatic rings. The molecule has 0 saturated carbocycles. The van der Waals surface area contributed by atoms with Crippen LogP contribution in [0, 0.1) is 0 Å². The Kier molecular flexibility index (Phi) is 8.79. The van der Waals surface area contributed by atoms with Gasteiger partial charge in [-0.2, -0.15) is 0 Å². The number of hydrogen-bond donors (Lipinski definition) is 0. The number of hydrogen-bond acceptors (Lipinski definition) is 2. The molecule has 0 fully saturated rings. The van der Waals surface area contributed by atoms with E-state index in [1.807, 2.05) is 6.92 Å². The second-order valence-corrected chi connectivity index (χ2v) is 12.3. The van der Waals surface area contributed by atoms with Crippen LogP contribution in [-0.4, -0.2) is 6.61 Å². The van der Waals surface area contributed by atoms with Crippen LogP contribution in [0.15, 0.2) is 26.0 Å². The third-order valence-corrected chi connectivity index (χ3v) is 7.15. The van der Waals surface area contributed by atoms with Gasteiger partial charge in [-0.1, -0.05) is 81.4 Å². The standard InChI is InChI=1S/C24H39INOP/c1-12-19(21(25)27-13-2)28-26-20-17(23(6,7)8)14-16(22(3,4)5)15-18(20)24(9,10)11/h14-15H,12-13H2,1-11H3/b21-19-. The van der Waals surface area contributed by atoms with Gasteiger partial charge in [0.1, 0.15) is 0 Å². The zero-order valence-corrected chi connectivity index (χ0v) is 22.8. The van der Waals surface area contributed by atoms with Crippen molar-refractivity contribution in [2.75, 3.05) is 6.61 Å². The van der Waals surface area contributed by atoms with Crippen LogP contribution in [0.5, 0.6) is 0 Å². The highest BCUT2D eigenvalue weighted by molar-refractivity contribution is 14.1. The molecule has 158 valence electrons. The Balaban J connectivity index is 3.81. The Bertz CT molecular complexity index is 708. The van der Waals surface area contributed by atoms with Gasteiger partial charge in [0, 0.05) is 13.7 Å². The molecule has 0 N–H and O–H groups in total. The molecular formula is C24H39INOP. The number of benzene rings is 1. The van der Waals surface area contributed by atoms with Crippen molar-refractivity contribution in [2.24, 2.45) is 4.74 Å². The zero-order chi connectivity index (χ0) is 21.9. The highest BCUT2D eigenvalue weighted by atomic mass is 127. The molecule has 0 aliphatic carbocycles. The summed E-state index contributed by atoms with van der Waals surface area (Å²) in [6, 6.07) is 4.76. The molecule has 0 amide bonds. The highest BCUT2D eigenvalue weighted by Crippen LogP contribution is 2.45. The minimum absolute atomic E-state index is 0.0266. The molecule has 0 aliphatic rings. The van der Waals surface area contributed by atoms with Gasteiger partial charge in [-0.15, -0.1) is 0 Å². The predicted molar refractivity (Wildman–Crippen MR) is 135 cm³/mol. The van der Waals surface area contributed by atoms with Crippen LogP contribution in [0.25, 0.3) is 0 Å². The minimum Gasteiger partial charge on any atom is -0.487 e. The second kappa shape index (κ2) is 9.60. The van der Waals surface area contributed by atoms with Crippen LogP contribution in [0.3, 0.4) is 0 Å². The summed E-state index contributed by atoms with van der Waals surface area (Å²) >= 11 is 2.30. The number of nitrogens with zero attached hydrogens (tertiary/aromatic N) is 1. The van der Waals surface area contributed by atoms with E-state index in [1.165, 1.54) is 22.0 Å². The van der Waals surface area contributed by atoms with Crippen molar-refractivity contribution < 1.29 is 4.74 Å². The largest absolute Gasteiger partial charge is 0.487 e. The average molecular weight is 515 g/mol. The Hall–Kier alpha value is -0.410.